The smallest absolute Gasteiger partial charge is 0.268 e. The average Bonchev–Trinajstić information content (AvgIpc) is 2.03. The average molecular weight is 166 g/mol. The maximum absolute atomic E-state index is 10.9. The largest absolute Gasteiger partial charge is 0.492 e. The van der Waals surface area contributed by atoms with Gasteiger partial charge in [0.05, 0.1) is 12.7 Å². The molecule has 0 radical (unpaired) electrons. The second-order valence-corrected chi connectivity index (χ2v) is 2.80. The molecule has 0 fully saturated rings. The van der Waals surface area contributed by atoms with Gasteiger partial charge in [0, 0.05) is 6.42 Å². The van der Waals surface area contributed by atoms with Gasteiger partial charge in [-0.1, -0.05) is 12.2 Å². The Kier molecular flexibility index (Phi) is 2.13. The molecule has 0 aromatic heterocycles. The van der Waals surface area contributed by atoms with Gasteiger partial charge in [0.1, 0.15) is 0 Å². The summed E-state index contributed by atoms with van der Waals surface area (Å²) in [6.45, 7) is 5.45. The van der Waals surface area contributed by atoms with Gasteiger partial charge >= 0.3 is 0 Å². The van der Waals surface area contributed by atoms with Crippen LogP contribution >= 0.6 is 0 Å². The van der Waals surface area contributed by atoms with Crippen molar-refractivity contribution in [2.75, 3.05) is 7.11 Å². The van der Waals surface area contributed by atoms with Crippen molar-refractivity contribution in [2.24, 2.45) is 0 Å². The fourth-order valence-corrected chi connectivity index (χ4v) is 1.10. The molecule has 0 heterocycles. The molecule has 0 atom stereocenters. The van der Waals surface area contributed by atoms with Gasteiger partial charge in [-0.05, 0) is 6.92 Å². The first-order chi connectivity index (χ1) is 5.57. The van der Waals surface area contributed by atoms with Crippen LogP contribution in [0.3, 0.4) is 0 Å². The van der Waals surface area contributed by atoms with Gasteiger partial charge in [-0.15, -0.1) is 0 Å². The lowest BCUT2D eigenvalue weighted by Crippen LogP contribution is -2.36. The topological polar surface area (TPSA) is 43.4 Å². The maximum Gasteiger partial charge on any atom is 0.268 e. The highest BCUT2D eigenvalue weighted by atomic mass is 16.5. The maximum atomic E-state index is 10.9. The molecule has 0 N–H and O–H groups in total. The van der Waals surface area contributed by atoms with Crippen molar-refractivity contribution in [2.45, 2.75) is 13.3 Å². The van der Waals surface area contributed by atoms with Crippen LogP contribution in [0.2, 0.25) is 0 Å². The van der Waals surface area contributed by atoms with Gasteiger partial charge in [-0.2, -0.15) is 0 Å². The zero-order valence-corrected chi connectivity index (χ0v) is 7.14. The molecule has 0 aliphatic carbocycles. The van der Waals surface area contributed by atoms with E-state index in [4.69, 9.17) is 4.74 Å². The van der Waals surface area contributed by atoms with Crippen LogP contribution < -0.4 is 15.6 Å². The van der Waals surface area contributed by atoms with E-state index in [2.05, 4.69) is 6.58 Å². The standard InChI is InChI=1S/C9H10O3/c1-5(2)4-6-7(10)8(11)9(6)12-3/h1,4H2,2-3H3. The second kappa shape index (κ2) is 2.93. The zero-order chi connectivity index (χ0) is 9.30. The third-order valence-corrected chi connectivity index (χ3v) is 1.64. The van der Waals surface area contributed by atoms with Crippen molar-refractivity contribution in [3.05, 3.63) is 38.2 Å². The molecule has 3 nitrogen and oxygen atoms in total. The molecule has 1 aromatic carbocycles. The minimum Gasteiger partial charge on any atom is -0.492 e. The van der Waals surface area contributed by atoms with E-state index in [0.717, 1.165) is 5.57 Å². The third kappa shape index (κ3) is 1.18. The van der Waals surface area contributed by atoms with Crippen molar-refractivity contribution in [3.63, 3.8) is 0 Å². The first-order valence-electron chi connectivity index (χ1n) is 3.58. The van der Waals surface area contributed by atoms with Crippen molar-refractivity contribution in [1.82, 2.24) is 0 Å². The van der Waals surface area contributed by atoms with Crippen LogP contribution in [0.1, 0.15) is 12.5 Å². The van der Waals surface area contributed by atoms with Crippen LogP contribution in [-0.2, 0) is 6.42 Å². The van der Waals surface area contributed by atoms with E-state index in [1.54, 1.807) is 6.92 Å². The Balaban J connectivity index is 3.02. The van der Waals surface area contributed by atoms with Crippen LogP contribution in [0.15, 0.2) is 21.7 Å². The summed E-state index contributed by atoms with van der Waals surface area (Å²) in [5.41, 5.74) is 0.346. The first kappa shape index (κ1) is 8.71. The summed E-state index contributed by atoms with van der Waals surface area (Å²) in [5.74, 6) is 0.197. The molecule has 0 unspecified atom stereocenters. The van der Waals surface area contributed by atoms with Crippen LogP contribution in [0.4, 0.5) is 0 Å². The summed E-state index contributed by atoms with van der Waals surface area (Å²) in [6.07, 6.45) is 0.438. The van der Waals surface area contributed by atoms with E-state index in [0.29, 0.717) is 12.0 Å². The Bertz CT molecular complexity index is 380. The highest BCUT2D eigenvalue weighted by Gasteiger charge is 2.20. The molecular formula is C9H10O3. The molecule has 0 aliphatic heterocycles. The fraction of sp³-hybridized carbons (Fsp3) is 0.333. The van der Waals surface area contributed by atoms with Gasteiger partial charge in [0.25, 0.3) is 5.43 Å². The van der Waals surface area contributed by atoms with E-state index in [-0.39, 0.29) is 5.75 Å². The number of methoxy groups -OCH3 is 1. The molecule has 0 saturated carbocycles. The van der Waals surface area contributed by atoms with Crippen molar-refractivity contribution in [3.8, 4) is 5.75 Å². The van der Waals surface area contributed by atoms with Crippen LogP contribution in [-0.4, -0.2) is 7.11 Å². The van der Waals surface area contributed by atoms with Crippen molar-refractivity contribution in [1.29, 1.82) is 0 Å². The summed E-state index contributed by atoms with van der Waals surface area (Å²) in [6, 6.07) is 0. The number of hydrogen-bond acceptors (Lipinski definition) is 3. The predicted molar refractivity (Wildman–Crippen MR) is 46.4 cm³/mol. The van der Waals surface area contributed by atoms with Gasteiger partial charge in [-0.3, -0.25) is 9.59 Å². The zero-order valence-electron chi connectivity index (χ0n) is 7.14. The molecular weight excluding hydrogens is 156 g/mol. The SMILES string of the molecule is C=C(C)Cc1c(OC)c(=O)c1=O. The predicted octanol–water partition coefficient (Wildman–Crippen LogP) is 0.410. The van der Waals surface area contributed by atoms with Gasteiger partial charge in [0.15, 0.2) is 5.75 Å². The van der Waals surface area contributed by atoms with E-state index in [9.17, 15) is 9.59 Å². The molecule has 0 spiro atoms. The highest BCUT2D eigenvalue weighted by molar-refractivity contribution is 5.41. The summed E-state index contributed by atoms with van der Waals surface area (Å²) >= 11 is 0. The molecule has 3 heteroatoms. The van der Waals surface area contributed by atoms with Crippen molar-refractivity contribution < 1.29 is 4.74 Å². The van der Waals surface area contributed by atoms with Crippen LogP contribution in [0.25, 0.3) is 0 Å². The molecule has 1 aromatic rings. The lowest BCUT2D eigenvalue weighted by atomic mass is 10.0. The Morgan fingerprint density at radius 2 is 2.00 bits per heavy atom. The number of ether oxygens (including phenoxy) is 1. The summed E-state index contributed by atoms with van der Waals surface area (Å²) < 4.78 is 4.75. The molecule has 64 valence electrons. The molecule has 12 heavy (non-hydrogen) atoms. The summed E-state index contributed by atoms with van der Waals surface area (Å²) in [4.78, 5) is 21.8. The Labute approximate surface area is 70.0 Å². The van der Waals surface area contributed by atoms with E-state index in [1.165, 1.54) is 7.11 Å². The Morgan fingerprint density at radius 1 is 1.42 bits per heavy atom. The number of hydrogen-bond donors (Lipinski definition) is 0. The summed E-state index contributed by atoms with van der Waals surface area (Å²) in [7, 11) is 1.39. The molecule has 0 bridgehead atoms. The van der Waals surface area contributed by atoms with Gasteiger partial charge < -0.3 is 4.74 Å². The second-order valence-electron chi connectivity index (χ2n) is 2.80. The van der Waals surface area contributed by atoms with E-state index in [1.807, 2.05) is 0 Å². The van der Waals surface area contributed by atoms with Crippen molar-refractivity contribution >= 4 is 0 Å². The van der Waals surface area contributed by atoms with Gasteiger partial charge in [-0.25, -0.2) is 0 Å². The Morgan fingerprint density at radius 3 is 2.42 bits per heavy atom. The van der Waals surface area contributed by atoms with Crippen LogP contribution in [0, 0.1) is 0 Å². The van der Waals surface area contributed by atoms with Gasteiger partial charge in [0.2, 0.25) is 5.43 Å². The molecule has 1 rings (SSSR count). The number of allylic oxidation sites excluding steroid dienone is 1. The molecule has 0 aliphatic rings. The highest BCUT2D eigenvalue weighted by Crippen LogP contribution is 2.13. The minimum atomic E-state index is -0.520. The fourth-order valence-electron chi connectivity index (χ4n) is 1.10. The Hall–Kier alpha value is -1.38. The minimum absolute atomic E-state index is 0.197. The quantitative estimate of drug-likeness (QED) is 0.482. The molecule has 0 amide bonds. The monoisotopic (exact) mass is 166 g/mol. The van der Waals surface area contributed by atoms with E-state index >= 15 is 0 Å². The van der Waals surface area contributed by atoms with Crippen LogP contribution in [0.5, 0.6) is 5.75 Å². The third-order valence-electron chi connectivity index (χ3n) is 1.64. The molecule has 0 saturated heterocycles. The number of rotatable bonds is 3. The summed E-state index contributed by atoms with van der Waals surface area (Å²) in [5, 5.41) is 0. The lowest BCUT2D eigenvalue weighted by molar-refractivity contribution is 0.399. The normalized spacial score (nSPS) is 10.2. The first-order valence-corrected chi connectivity index (χ1v) is 3.58. The van der Waals surface area contributed by atoms with E-state index < -0.39 is 10.9 Å². The lowest BCUT2D eigenvalue weighted by Gasteiger charge is -2.08.